The zero-order valence-corrected chi connectivity index (χ0v) is 7.84. The molecule has 7 nitrogen and oxygen atoms in total. The van der Waals surface area contributed by atoms with Crippen LogP contribution in [0.2, 0.25) is 0 Å². The Bertz CT molecular complexity index is 601. The molecule has 16 heavy (non-hydrogen) atoms. The number of non-ortho nitro benzene ring substituents is 1. The second-order valence-electron chi connectivity index (χ2n) is 3.08. The highest BCUT2D eigenvalue weighted by molar-refractivity contribution is 6.07. The van der Waals surface area contributed by atoms with E-state index < -0.39 is 10.9 Å². The van der Waals surface area contributed by atoms with Gasteiger partial charge in [-0.3, -0.25) is 10.1 Å². The molecule has 0 unspecified atom stereocenters. The Morgan fingerprint density at radius 1 is 1.50 bits per heavy atom. The van der Waals surface area contributed by atoms with Crippen LogP contribution < -0.4 is 5.73 Å². The predicted octanol–water partition coefficient (Wildman–Crippen LogP) is 1.62. The van der Waals surface area contributed by atoms with Crippen LogP contribution in [0.3, 0.4) is 0 Å². The molecule has 1 aromatic carbocycles. The molecular formula is C9H6N2O5. The van der Waals surface area contributed by atoms with Gasteiger partial charge in [0.1, 0.15) is 11.1 Å². The van der Waals surface area contributed by atoms with E-state index in [-0.39, 0.29) is 28.1 Å². The van der Waals surface area contributed by atoms with Crippen LogP contribution in [-0.2, 0) is 0 Å². The van der Waals surface area contributed by atoms with Crippen LogP contribution in [0.25, 0.3) is 11.0 Å². The van der Waals surface area contributed by atoms with Crippen molar-refractivity contribution >= 4 is 28.5 Å². The van der Waals surface area contributed by atoms with Gasteiger partial charge in [0.05, 0.1) is 4.92 Å². The van der Waals surface area contributed by atoms with Crippen molar-refractivity contribution in [2.24, 2.45) is 0 Å². The summed E-state index contributed by atoms with van der Waals surface area (Å²) < 4.78 is 4.97. The molecule has 0 spiro atoms. The number of nitro benzene ring substituents is 1. The Kier molecular flexibility index (Phi) is 2.01. The number of nitrogen functional groups attached to an aromatic ring is 1. The zero-order chi connectivity index (χ0) is 11.9. The highest BCUT2D eigenvalue weighted by Gasteiger charge is 2.20. The Labute approximate surface area is 88.2 Å². The van der Waals surface area contributed by atoms with Crippen molar-refractivity contribution in [3.8, 4) is 0 Å². The minimum absolute atomic E-state index is 0.124. The molecule has 0 atom stereocenters. The number of hydrogen-bond donors (Lipinski definition) is 2. The average molecular weight is 222 g/mol. The van der Waals surface area contributed by atoms with Gasteiger partial charge in [-0.2, -0.15) is 0 Å². The van der Waals surface area contributed by atoms with E-state index in [4.69, 9.17) is 15.3 Å². The van der Waals surface area contributed by atoms with Crippen molar-refractivity contribution in [3.05, 3.63) is 33.9 Å². The summed E-state index contributed by atoms with van der Waals surface area (Å²) >= 11 is 0. The highest BCUT2D eigenvalue weighted by atomic mass is 16.6. The van der Waals surface area contributed by atoms with E-state index >= 15 is 0 Å². The van der Waals surface area contributed by atoms with Gasteiger partial charge in [0.25, 0.3) is 5.69 Å². The van der Waals surface area contributed by atoms with Crippen LogP contribution in [0, 0.1) is 10.1 Å². The third-order valence-corrected chi connectivity index (χ3v) is 2.12. The molecule has 0 radical (unpaired) electrons. The zero-order valence-electron chi connectivity index (χ0n) is 7.84. The smallest absolute Gasteiger partial charge is 0.341 e. The number of rotatable bonds is 2. The van der Waals surface area contributed by atoms with E-state index in [2.05, 4.69) is 0 Å². The summed E-state index contributed by atoms with van der Waals surface area (Å²) in [5.74, 6) is -1.54. The number of nitrogens with zero attached hydrogens (tertiary/aromatic N) is 1. The number of carboxylic acids is 1. The van der Waals surface area contributed by atoms with Crippen LogP contribution in [0.4, 0.5) is 11.6 Å². The van der Waals surface area contributed by atoms with E-state index in [0.717, 1.165) is 6.07 Å². The van der Waals surface area contributed by atoms with Crippen LogP contribution in [-0.4, -0.2) is 16.0 Å². The van der Waals surface area contributed by atoms with Crippen molar-refractivity contribution < 1.29 is 19.2 Å². The van der Waals surface area contributed by atoms with Crippen LogP contribution in [0.15, 0.2) is 22.6 Å². The van der Waals surface area contributed by atoms with Crippen LogP contribution >= 0.6 is 0 Å². The lowest BCUT2D eigenvalue weighted by Crippen LogP contribution is -1.99. The molecule has 2 rings (SSSR count). The van der Waals surface area contributed by atoms with Gasteiger partial charge in [-0.05, 0) is 6.07 Å². The highest BCUT2D eigenvalue weighted by Crippen LogP contribution is 2.30. The van der Waals surface area contributed by atoms with Gasteiger partial charge >= 0.3 is 5.97 Å². The number of benzene rings is 1. The van der Waals surface area contributed by atoms with Gasteiger partial charge in [-0.15, -0.1) is 0 Å². The summed E-state index contributed by atoms with van der Waals surface area (Å²) in [6, 6.07) is 3.66. The van der Waals surface area contributed by atoms with Gasteiger partial charge in [-0.25, -0.2) is 4.79 Å². The Balaban J connectivity index is 2.79. The van der Waals surface area contributed by atoms with Gasteiger partial charge in [-0.1, -0.05) is 0 Å². The lowest BCUT2D eigenvalue weighted by atomic mass is 10.1. The second kappa shape index (κ2) is 3.23. The molecule has 3 N–H and O–H groups in total. The van der Waals surface area contributed by atoms with Gasteiger partial charge < -0.3 is 15.3 Å². The molecule has 7 heteroatoms. The summed E-state index contributed by atoms with van der Waals surface area (Å²) in [6.45, 7) is 0. The summed E-state index contributed by atoms with van der Waals surface area (Å²) in [6.07, 6.45) is 0. The molecule has 0 saturated carbocycles. The molecule has 0 fully saturated rings. The first-order chi connectivity index (χ1) is 7.50. The lowest BCUT2D eigenvalue weighted by molar-refractivity contribution is -0.384. The SMILES string of the molecule is Nc1oc2ccc([N+](=O)[O-])cc2c1C(=O)O. The van der Waals surface area contributed by atoms with Crippen molar-refractivity contribution in [2.75, 3.05) is 5.73 Å². The fourth-order valence-corrected chi connectivity index (χ4v) is 1.44. The Morgan fingerprint density at radius 3 is 2.75 bits per heavy atom. The number of fused-ring (bicyclic) bond motifs is 1. The van der Waals surface area contributed by atoms with Gasteiger partial charge in [0.15, 0.2) is 0 Å². The van der Waals surface area contributed by atoms with Crippen molar-refractivity contribution in [1.82, 2.24) is 0 Å². The van der Waals surface area contributed by atoms with E-state index in [1.807, 2.05) is 0 Å². The number of anilines is 1. The van der Waals surface area contributed by atoms with E-state index in [1.165, 1.54) is 12.1 Å². The largest absolute Gasteiger partial charge is 0.477 e. The number of aromatic carboxylic acids is 1. The van der Waals surface area contributed by atoms with E-state index in [9.17, 15) is 14.9 Å². The summed E-state index contributed by atoms with van der Waals surface area (Å²) in [7, 11) is 0. The standard InChI is InChI=1S/C9H6N2O5/c10-8-7(9(12)13)5-3-4(11(14)15)1-2-6(5)16-8/h1-3H,10H2,(H,12,13). The normalized spacial score (nSPS) is 10.5. The molecule has 2 aromatic rings. The van der Waals surface area contributed by atoms with Crippen LogP contribution in [0.5, 0.6) is 0 Å². The van der Waals surface area contributed by atoms with Gasteiger partial charge in [0, 0.05) is 17.5 Å². The lowest BCUT2D eigenvalue weighted by Gasteiger charge is -1.92. The maximum absolute atomic E-state index is 10.9. The van der Waals surface area contributed by atoms with E-state index in [0.29, 0.717) is 0 Å². The second-order valence-corrected chi connectivity index (χ2v) is 3.08. The molecule has 0 amide bonds. The monoisotopic (exact) mass is 222 g/mol. The quantitative estimate of drug-likeness (QED) is 0.588. The maximum atomic E-state index is 10.9. The Hall–Kier alpha value is -2.57. The third kappa shape index (κ3) is 1.34. The van der Waals surface area contributed by atoms with Crippen molar-refractivity contribution in [1.29, 1.82) is 0 Å². The number of carbonyl (C=O) groups is 1. The fourth-order valence-electron chi connectivity index (χ4n) is 1.44. The number of furan rings is 1. The number of nitro groups is 1. The fraction of sp³-hybridized carbons (Fsp3) is 0. The molecular weight excluding hydrogens is 216 g/mol. The molecule has 1 heterocycles. The maximum Gasteiger partial charge on any atom is 0.341 e. The molecule has 1 aromatic heterocycles. The molecule has 0 aliphatic rings. The van der Waals surface area contributed by atoms with Crippen molar-refractivity contribution in [2.45, 2.75) is 0 Å². The summed E-state index contributed by atoms with van der Waals surface area (Å²) in [4.78, 5) is 20.8. The summed E-state index contributed by atoms with van der Waals surface area (Å²) in [5.41, 5.74) is 5.11. The topological polar surface area (TPSA) is 120 Å². The third-order valence-electron chi connectivity index (χ3n) is 2.12. The summed E-state index contributed by atoms with van der Waals surface area (Å²) in [5, 5.41) is 19.5. The van der Waals surface area contributed by atoms with Crippen molar-refractivity contribution in [3.63, 3.8) is 0 Å². The number of carboxylic acid groups (broad SMARTS) is 1. The number of hydrogen-bond acceptors (Lipinski definition) is 5. The Morgan fingerprint density at radius 2 is 2.19 bits per heavy atom. The molecule has 82 valence electrons. The minimum atomic E-state index is -1.28. The average Bonchev–Trinajstić information content (AvgIpc) is 2.51. The van der Waals surface area contributed by atoms with Crippen LogP contribution in [0.1, 0.15) is 10.4 Å². The van der Waals surface area contributed by atoms with E-state index in [1.54, 1.807) is 0 Å². The number of nitrogens with two attached hydrogens (primary N) is 1. The minimum Gasteiger partial charge on any atom is -0.477 e. The molecule has 0 aliphatic carbocycles. The first kappa shape index (κ1) is 9.97. The van der Waals surface area contributed by atoms with Gasteiger partial charge in [0.2, 0.25) is 5.88 Å². The molecule has 0 aliphatic heterocycles. The first-order valence-electron chi connectivity index (χ1n) is 4.20. The molecule has 0 saturated heterocycles. The molecule has 0 bridgehead atoms. The first-order valence-corrected chi connectivity index (χ1v) is 4.20. The predicted molar refractivity (Wildman–Crippen MR) is 54.2 cm³/mol.